The van der Waals surface area contributed by atoms with Crippen LogP contribution in [0.25, 0.3) is 0 Å². The van der Waals surface area contributed by atoms with E-state index in [1.807, 2.05) is 6.92 Å². The van der Waals surface area contributed by atoms with Crippen LogP contribution in [0.5, 0.6) is 0 Å². The van der Waals surface area contributed by atoms with Crippen molar-refractivity contribution in [1.29, 1.82) is 0 Å². The smallest absolute Gasteiger partial charge is 0.145 e. The quantitative estimate of drug-likeness (QED) is 0.467. The number of Topliss-reactive ketones (excluding diaryl/α,β-unsaturated/α-hetero) is 1. The molecule has 0 aliphatic heterocycles. The summed E-state index contributed by atoms with van der Waals surface area (Å²) in [6.45, 7) is 12.1. The molecular formula is C28H46O5. The molecule has 33 heavy (non-hydrogen) atoms. The molecule has 5 heteroatoms. The molecule has 0 aromatic carbocycles. The van der Waals surface area contributed by atoms with Gasteiger partial charge in [-0.05, 0) is 86.9 Å². The molecule has 0 heterocycles. The van der Waals surface area contributed by atoms with Crippen LogP contribution in [0.15, 0.2) is 11.6 Å². The Morgan fingerprint density at radius 1 is 1.03 bits per heavy atom. The summed E-state index contributed by atoms with van der Waals surface area (Å²) < 4.78 is 0. The van der Waals surface area contributed by atoms with E-state index >= 15 is 0 Å². The molecule has 0 saturated heterocycles. The number of ketones is 1. The highest BCUT2D eigenvalue weighted by Gasteiger charge is 2.65. The Labute approximate surface area is 199 Å². The van der Waals surface area contributed by atoms with Crippen LogP contribution in [-0.2, 0) is 4.79 Å². The summed E-state index contributed by atoms with van der Waals surface area (Å²) in [4.78, 5) is 13.0. The summed E-state index contributed by atoms with van der Waals surface area (Å²) in [5.41, 5.74) is -0.0139. The van der Waals surface area contributed by atoms with E-state index in [1.54, 1.807) is 0 Å². The van der Waals surface area contributed by atoms with Gasteiger partial charge in [-0.15, -0.1) is 0 Å². The Balaban J connectivity index is 1.71. The zero-order valence-electron chi connectivity index (χ0n) is 21.5. The first-order chi connectivity index (χ1) is 15.3. The number of rotatable bonds is 5. The predicted octanol–water partition coefficient (Wildman–Crippen LogP) is 3.73. The van der Waals surface area contributed by atoms with Crippen molar-refractivity contribution in [1.82, 2.24) is 0 Å². The van der Waals surface area contributed by atoms with Gasteiger partial charge >= 0.3 is 0 Å². The minimum Gasteiger partial charge on any atom is -0.394 e. The number of hydrogen-bond acceptors (Lipinski definition) is 5. The van der Waals surface area contributed by atoms with Crippen molar-refractivity contribution in [3.8, 4) is 0 Å². The summed E-state index contributed by atoms with van der Waals surface area (Å²) in [6.07, 6.45) is 6.22. The molecule has 0 aromatic heterocycles. The second kappa shape index (κ2) is 8.15. The van der Waals surface area contributed by atoms with Crippen LogP contribution in [0, 0.1) is 51.2 Å². The van der Waals surface area contributed by atoms with Crippen LogP contribution in [0.3, 0.4) is 0 Å². The minimum atomic E-state index is -1.07. The lowest BCUT2D eigenvalue weighted by molar-refractivity contribution is -0.164. The second-order valence-corrected chi connectivity index (χ2v) is 13.2. The number of carbonyl (C=O) groups excluding carboxylic acids is 1. The zero-order valence-corrected chi connectivity index (χ0v) is 21.5. The lowest BCUT2D eigenvalue weighted by atomic mass is 9.42. The van der Waals surface area contributed by atoms with Crippen molar-refractivity contribution in [2.24, 2.45) is 51.2 Å². The third kappa shape index (κ3) is 3.28. The lowest BCUT2D eigenvalue weighted by Crippen LogP contribution is -2.58. The maximum atomic E-state index is 13.0. The Hall–Kier alpha value is -0.750. The fourth-order valence-corrected chi connectivity index (χ4v) is 9.90. The molecule has 3 unspecified atom stereocenters. The molecule has 3 fully saturated rings. The van der Waals surface area contributed by atoms with Crippen LogP contribution in [0.2, 0.25) is 0 Å². The summed E-state index contributed by atoms with van der Waals surface area (Å²) in [7, 11) is 0. The van der Waals surface area contributed by atoms with Gasteiger partial charge in [-0.2, -0.15) is 0 Å². The van der Waals surface area contributed by atoms with Crippen molar-refractivity contribution in [3.05, 3.63) is 11.6 Å². The Kier molecular flexibility index (Phi) is 6.26. The molecule has 9 atom stereocenters. The van der Waals surface area contributed by atoms with Gasteiger partial charge in [-0.25, -0.2) is 0 Å². The maximum Gasteiger partial charge on any atom is 0.145 e. The molecular weight excluding hydrogens is 416 g/mol. The van der Waals surface area contributed by atoms with E-state index in [9.17, 15) is 25.2 Å². The largest absolute Gasteiger partial charge is 0.394 e. The average Bonchev–Trinajstić information content (AvgIpc) is 3.13. The third-order valence-corrected chi connectivity index (χ3v) is 11.5. The van der Waals surface area contributed by atoms with E-state index in [1.165, 1.54) is 5.57 Å². The van der Waals surface area contributed by atoms with Gasteiger partial charge < -0.3 is 20.4 Å². The van der Waals surface area contributed by atoms with Crippen molar-refractivity contribution in [2.75, 3.05) is 13.2 Å². The van der Waals surface area contributed by atoms with Gasteiger partial charge in [0, 0.05) is 16.7 Å². The van der Waals surface area contributed by atoms with Crippen LogP contribution in [0.1, 0.15) is 80.1 Å². The zero-order chi connectivity index (χ0) is 24.6. The molecule has 4 aliphatic carbocycles. The number of allylic oxidation sites excluding steroid dienone is 2. The van der Waals surface area contributed by atoms with E-state index < -0.39 is 36.3 Å². The molecule has 4 aliphatic rings. The van der Waals surface area contributed by atoms with E-state index in [4.69, 9.17) is 0 Å². The molecule has 0 radical (unpaired) electrons. The topological polar surface area (TPSA) is 98.0 Å². The summed E-state index contributed by atoms with van der Waals surface area (Å²) >= 11 is 0. The first-order valence-corrected chi connectivity index (χ1v) is 13.1. The number of carbonyl (C=O) groups is 1. The Morgan fingerprint density at radius 3 is 2.21 bits per heavy atom. The van der Waals surface area contributed by atoms with Gasteiger partial charge in [0.1, 0.15) is 5.78 Å². The number of aliphatic hydroxyl groups excluding tert-OH is 4. The van der Waals surface area contributed by atoms with Gasteiger partial charge in [0.25, 0.3) is 0 Å². The molecule has 0 aromatic rings. The molecule has 188 valence electrons. The SMILES string of the molecule is CC1C[C@@]2(C)C(=CC[C@H]3[C@@H]4CC[C@H](C(C)(C(O)CO)C(O)CO)[C@@]4(C)CC[C@@H]32)C(C)(C)C1=O. The highest BCUT2D eigenvalue weighted by molar-refractivity contribution is 5.90. The highest BCUT2D eigenvalue weighted by atomic mass is 16.3. The summed E-state index contributed by atoms with van der Waals surface area (Å²) in [5.74, 6) is 2.03. The minimum absolute atomic E-state index is 0.0294. The van der Waals surface area contributed by atoms with Crippen molar-refractivity contribution in [3.63, 3.8) is 0 Å². The lowest BCUT2D eigenvalue weighted by Gasteiger charge is -2.61. The van der Waals surface area contributed by atoms with Crippen LogP contribution < -0.4 is 0 Å². The maximum absolute atomic E-state index is 13.0. The summed E-state index contributed by atoms with van der Waals surface area (Å²) in [5, 5.41) is 41.3. The first kappa shape index (κ1) is 25.3. The number of aliphatic hydroxyl groups is 4. The van der Waals surface area contributed by atoms with Gasteiger partial charge in [0.05, 0.1) is 25.4 Å². The summed E-state index contributed by atoms with van der Waals surface area (Å²) in [6, 6.07) is 0. The average molecular weight is 463 g/mol. The molecule has 0 amide bonds. The van der Waals surface area contributed by atoms with Gasteiger partial charge in [-0.1, -0.05) is 39.3 Å². The van der Waals surface area contributed by atoms with Gasteiger partial charge in [-0.3, -0.25) is 4.79 Å². The highest BCUT2D eigenvalue weighted by Crippen LogP contribution is 2.70. The fourth-order valence-electron chi connectivity index (χ4n) is 9.90. The second-order valence-electron chi connectivity index (χ2n) is 13.2. The van der Waals surface area contributed by atoms with Crippen LogP contribution in [-0.4, -0.2) is 51.6 Å². The van der Waals surface area contributed by atoms with Gasteiger partial charge in [0.2, 0.25) is 0 Å². The number of hydrogen-bond donors (Lipinski definition) is 4. The number of fused-ring (bicyclic) bond motifs is 5. The third-order valence-electron chi connectivity index (χ3n) is 11.5. The molecule has 3 saturated carbocycles. The van der Waals surface area contributed by atoms with E-state index in [2.05, 4.69) is 40.7 Å². The van der Waals surface area contributed by atoms with Gasteiger partial charge in [0.15, 0.2) is 0 Å². The first-order valence-electron chi connectivity index (χ1n) is 13.1. The Morgan fingerprint density at radius 2 is 1.64 bits per heavy atom. The normalized spacial score (nSPS) is 45.8. The van der Waals surface area contributed by atoms with Crippen LogP contribution in [0.4, 0.5) is 0 Å². The van der Waals surface area contributed by atoms with E-state index in [0.717, 1.165) is 38.5 Å². The van der Waals surface area contributed by atoms with E-state index in [-0.39, 0.29) is 22.7 Å². The Bertz CT molecular complexity index is 807. The molecule has 0 spiro atoms. The van der Waals surface area contributed by atoms with Crippen molar-refractivity contribution in [2.45, 2.75) is 92.3 Å². The molecule has 4 rings (SSSR count). The molecule has 5 nitrogen and oxygen atoms in total. The van der Waals surface area contributed by atoms with Crippen molar-refractivity contribution < 1.29 is 25.2 Å². The predicted molar refractivity (Wildman–Crippen MR) is 128 cm³/mol. The fraction of sp³-hybridized carbons (Fsp3) is 0.893. The van der Waals surface area contributed by atoms with Crippen molar-refractivity contribution >= 4 is 5.78 Å². The molecule has 4 N–H and O–H groups in total. The van der Waals surface area contributed by atoms with E-state index in [0.29, 0.717) is 23.5 Å². The monoisotopic (exact) mass is 462 g/mol. The molecule has 0 bridgehead atoms. The van der Waals surface area contributed by atoms with Crippen LogP contribution >= 0.6 is 0 Å². The standard InChI is InChI=1S/C28H46O5/c1-16-13-27(5)19-11-12-26(4)18(17(19)7-9-20(27)25(2,3)24(16)33)8-10-21(26)28(6,22(31)14-29)23(32)15-30/h9,16-19,21-23,29-32H,7-8,10-15H2,1-6H3/t16?,17-,18-,19-,21-,22?,23?,26-,27+,28?/m0/s1.